The summed E-state index contributed by atoms with van der Waals surface area (Å²) in [6.07, 6.45) is 0. The van der Waals surface area contributed by atoms with Crippen LogP contribution in [-0.4, -0.2) is 24.2 Å². The maximum Gasteiger partial charge on any atom is 0.279 e. The molecule has 1 aromatic heterocycles. The van der Waals surface area contributed by atoms with Crippen molar-refractivity contribution in [1.82, 2.24) is 4.57 Å². The largest absolute Gasteiger partial charge is 0.383 e. The second-order valence-electron chi connectivity index (χ2n) is 7.51. The third-order valence-electron chi connectivity index (χ3n) is 4.41. The number of ether oxygens (including phenoxy) is 1. The molecule has 0 saturated heterocycles. The molecule has 0 spiro atoms. The zero-order chi connectivity index (χ0) is 20.5. The Morgan fingerprint density at radius 1 is 1.18 bits per heavy atom. The van der Waals surface area contributed by atoms with Crippen molar-refractivity contribution in [2.24, 2.45) is 4.99 Å². The van der Waals surface area contributed by atoms with Crippen LogP contribution in [-0.2, 0) is 16.7 Å². The van der Waals surface area contributed by atoms with Gasteiger partial charge >= 0.3 is 0 Å². The van der Waals surface area contributed by atoms with Gasteiger partial charge in [-0.2, -0.15) is 4.99 Å². The number of aromatic nitrogens is 1. The lowest BCUT2D eigenvalue weighted by Gasteiger charge is -2.18. The number of carbonyl (C=O) groups excluding carboxylic acids is 1. The van der Waals surface area contributed by atoms with E-state index in [1.54, 1.807) is 16.7 Å². The van der Waals surface area contributed by atoms with Gasteiger partial charge in [-0.3, -0.25) is 4.79 Å². The SMILES string of the molecule is COCCn1c(=NC(=O)c2ccc(C(C)(C)C)cc2)sc2cc(F)cc(F)c21. The van der Waals surface area contributed by atoms with E-state index < -0.39 is 17.5 Å². The van der Waals surface area contributed by atoms with Crippen molar-refractivity contribution in [1.29, 1.82) is 0 Å². The Bertz CT molecular complexity index is 1080. The number of rotatable bonds is 4. The van der Waals surface area contributed by atoms with Crippen LogP contribution in [0, 0.1) is 11.6 Å². The van der Waals surface area contributed by atoms with Gasteiger partial charge in [-0.1, -0.05) is 44.2 Å². The normalized spacial score (nSPS) is 12.7. The summed E-state index contributed by atoms with van der Waals surface area (Å²) in [5.74, 6) is -1.79. The molecule has 0 radical (unpaired) electrons. The van der Waals surface area contributed by atoms with Gasteiger partial charge < -0.3 is 9.30 Å². The molecule has 1 amide bonds. The van der Waals surface area contributed by atoms with Crippen molar-refractivity contribution in [2.75, 3.05) is 13.7 Å². The molecule has 0 unspecified atom stereocenters. The second kappa shape index (κ2) is 7.93. The highest BCUT2D eigenvalue weighted by molar-refractivity contribution is 7.16. The number of nitrogens with zero attached hydrogens (tertiary/aromatic N) is 2. The molecule has 0 aliphatic rings. The van der Waals surface area contributed by atoms with Crippen LogP contribution in [0.4, 0.5) is 8.78 Å². The fourth-order valence-corrected chi connectivity index (χ4v) is 3.96. The summed E-state index contributed by atoms with van der Waals surface area (Å²) < 4.78 is 35.0. The molecule has 148 valence electrons. The zero-order valence-corrected chi connectivity index (χ0v) is 17.1. The number of hydrogen-bond acceptors (Lipinski definition) is 3. The number of methoxy groups -OCH3 is 1. The molecule has 3 rings (SSSR count). The fourth-order valence-electron chi connectivity index (χ4n) is 2.87. The van der Waals surface area contributed by atoms with E-state index in [4.69, 9.17) is 4.74 Å². The van der Waals surface area contributed by atoms with Crippen LogP contribution in [0.1, 0.15) is 36.7 Å². The number of halogens is 2. The molecule has 0 saturated carbocycles. The molecule has 0 fully saturated rings. The van der Waals surface area contributed by atoms with Gasteiger partial charge in [-0.05, 0) is 29.2 Å². The first-order valence-corrected chi connectivity index (χ1v) is 9.69. The number of hydrogen-bond donors (Lipinski definition) is 0. The van der Waals surface area contributed by atoms with Crippen LogP contribution in [0.5, 0.6) is 0 Å². The predicted molar refractivity (Wildman–Crippen MR) is 107 cm³/mol. The van der Waals surface area contributed by atoms with Gasteiger partial charge in [0, 0.05) is 25.3 Å². The first-order chi connectivity index (χ1) is 13.2. The quantitative estimate of drug-likeness (QED) is 0.634. The maximum atomic E-state index is 14.3. The summed E-state index contributed by atoms with van der Waals surface area (Å²) in [5.41, 5.74) is 1.75. The lowest BCUT2D eigenvalue weighted by Crippen LogP contribution is -2.20. The van der Waals surface area contributed by atoms with Crippen molar-refractivity contribution in [3.63, 3.8) is 0 Å². The minimum absolute atomic E-state index is 0.0189. The van der Waals surface area contributed by atoms with E-state index in [0.717, 1.165) is 23.0 Å². The number of carbonyl (C=O) groups is 1. The monoisotopic (exact) mass is 404 g/mol. The number of fused-ring (bicyclic) bond motifs is 1. The molecule has 7 heteroatoms. The molecule has 1 heterocycles. The molecule has 0 atom stereocenters. The van der Waals surface area contributed by atoms with Crippen molar-refractivity contribution in [2.45, 2.75) is 32.7 Å². The van der Waals surface area contributed by atoms with Gasteiger partial charge in [-0.25, -0.2) is 8.78 Å². The highest BCUT2D eigenvalue weighted by Gasteiger charge is 2.16. The van der Waals surface area contributed by atoms with E-state index in [0.29, 0.717) is 28.2 Å². The van der Waals surface area contributed by atoms with Gasteiger partial charge in [0.05, 0.1) is 16.8 Å². The Hall–Kier alpha value is -2.38. The Labute approximate surface area is 166 Å². The minimum atomic E-state index is -0.689. The zero-order valence-electron chi connectivity index (χ0n) is 16.3. The Morgan fingerprint density at radius 3 is 2.46 bits per heavy atom. The average molecular weight is 404 g/mol. The van der Waals surface area contributed by atoms with E-state index >= 15 is 0 Å². The first kappa shape index (κ1) is 20.4. The Balaban J connectivity index is 2.07. The average Bonchev–Trinajstić information content (AvgIpc) is 2.96. The summed E-state index contributed by atoms with van der Waals surface area (Å²) in [6.45, 7) is 6.89. The summed E-state index contributed by atoms with van der Waals surface area (Å²) in [6, 6.07) is 9.35. The number of amides is 1. The number of benzene rings is 2. The van der Waals surface area contributed by atoms with E-state index in [-0.39, 0.29) is 10.9 Å². The summed E-state index contributed by atoms with van der Waals surface area (Å²) >= 11 is 1.07. The van der Waals surface area contributed by atoms with Gasteiger partial charge in [0.2, 0.25) is 0 Å². The van der Waals surface area contributed by atoms with E-state index in [2.05, 4.69) is 25.8 Å². The van der Waals surface area contributed by atoms with Gasteiger partial charge in [-0.15, -0.1) is 0 Å². The van der Waals surface area contributed by atoms with Crippen LogP contribution >= 0.6 is 11.3 Å². The molecular formula is C21H22F2N2O2S. The standard InChI is InChI=1S/C21H22F2N2O2S/c1-21(2,3)14-7-5-13(6-8-14)19(26)24-20-25(9-10-27-4)18-16(23)11-15(22)12-17(18)28-20/h5-8,11-12H,9-10H2,1-4H3. The third kappa shape index (κ3) is 4.20. The lowest BCUT2D eigenvalue weighted by atomic mass is 9.87. The van der Waals surface area contributed by atoms with Crippen molar-refractivity contribution < 1.29 is 18.3 Å². The van der Waals surface area contributed by atoms with E-state index in [1.165, 1.54) is 13.2 Å². The molecule has 0 aliphatic carbocycles. The Kier molecular flexibility index (Phi) is 5.76. The molecule has 4 nitrogen and oxygen atoms in total. The predicted octanol–water partition coefficient (Wildman–Crippen LogP) is 4.67. The molecule has 0 bridgehead atoms. The number of thiazole rings is 1. The first-order valence-electron chi connectivity index (χ1n) is 8.87. The summed E-state index contributed by atoms with van der Waals surface area (Å²) in [5, 5.41) is 0. The maximum absolute atomic E-state index is 14.3. The topological polar surface area (TPSA) is 43.6 Å². The molecular weight excluding hydrogens is 382 g/mol. The van der Waals surface area contributed by atoms with Crippen molar-refractivity contribution in [3.8, 4) is 0 Å². The van der Waals surface area contributed by atoms with E-state index in [9.17, 15) is 13.6 Å². The van der Waals surface area contributed by atoms with E-state index in [1.807, 2.05) is 12.1 Å². The molecule has 0 N–H and O–H groups in total. The van der Waals surface area contributed by atoms with Gasteiger partial charge in [0.25, 0.3) is 5.91 Å². The van der Waals surface area contributed by atoms with Crippen molar-refractivity contribution >= 4 is 27.5 Å². The third-order valence-corrected chi connectivity index (χ3v) is 5.43. The molecule has 28 heavy (non-hydrogen) atoms. The molecule has 2 aromatic carbocycles. The highest BCUT2D eigenvalue weighted by Crippen LogP contribution is 2.24. The summed E-state index contributed by atoms with van der Waals surface area (Å²) in [4.78, 5) is 17.1. The van der Waals surface area contributed by atoms with Crippen LogP contribution in [0.15, 0.2) is 41.4 Å². The van der Waals surface area contributed by atoms with Crippen molar-refractivity contribution in [3.05, 3.63) is 64.0 Å². The molecule has 3 aromatic rings. The van der Waals surface area contributed by atoms with Gasteiger partial charge in [0.1, 0.15) is 5.82 Å². The van der Waals surface area contributed by atoms with Crippen LogP contribution in [0.25, 0.3) is 10.2 Å². The smallest absolute Gasteiger partial charge is 0.279 e. The minimum Gasteiger partial charge on any atom is -0.383 e. The lowest BCUT2D eigenvalue weighted by molar-refractivity contribution is 0.0997. The van der Waals surface area contributed by atoms with Crippen LogP contribution < -0.4 is 4.80 Å². The van der Waals surface area contributed by atoms with Crippen LogP contribution in [0.3, 0.4) is 0 Å². The fraction of sp³-hybridized carbons (Fsp3) is 0.333. The molecule has 0 aliphatic heterocycles. The highest BCUT2D eigenvalue weighted by atomic mass is 32.1. The Morgan fingerprint density at radius 2 is 1.86 bits per heavy atom. The summed E-state index contributed by atoms with van der Waals surface area (Å²) in [7, 11) is 1.53. The van der Waals surface area contributed by atoms with Gasteiger partial charge in [0.15, 0.2) is 10.6 Å². The van der Waals surface area contributed by atoms with Crippen LogP contribution in [0.2, 0.25) is 0 Å². The second-order valence-corrected chi connectivity index (χ2v) is 8.52.